The van der Waals surface area contributed by atoms with E-state index in [-0.39, 0.29) is 24.1 Å². The molecular formula is C20H22ClFN2OS. The topological polar surface area (TPSA) is 41.1 Å². The monoisotopic (exact) mass is 392 g/mol. The molecule has 6 heteroatoms. The van der Waals surface area contributed by atoms with Gasteiger partial charge in [-0.15, -0.1) is 24.2 Å². The number of nitrogens with one attached hydrogen (secondary N) is 2. The zero-order valence-electron chi connectivity index (χ0n) is 14.3. The lowest BCUT2D eigenvalue weighted by molar-refractivity contribution is -0.120. The first-order chi connectivity index (χ1) is 12.2. The van der Waals surface area contributed by atoms with Crippen LogP contribution in [0.5, 0.6) is 0 Å². The van der Waals surface area contributed by atoms with Gasteiger partial charge in [0.15, 0.2) is 0 Å². The third-order valence-electron chi connectivity index (χ3n) is 4.07. The summed E-state index contributed by atoms with van der Waals surface area (Å²) in [5, 5.41) is 5.78. The van der Waals surface area contributed by atoms with E-state index < -0.39 is 5.25 Å². The smallest absolute Gasteiger partial charge is 0.238 e. The number of carbonyl (C=O) groups excluding carboxylic acids is 1. The van der Waals surface area contributed by atoms with Crippen LogP contribution in [0.2, 0.25) is 0 Å². The average molecular weight is 393 g/mol. The van der Waals surface area contributed by atoms with Crippen LogP contribution in [0.15, 0.2) is 71.1 Å². The summed E-state index contributed by atoms with van der Waals surface area (Å²) in [5.74, 6) is -0.402. The van der Waals surface area contributed by atoms with E-state index >= 15 is 0 Å². The second kappa shape index (κ2) is 10.4. The van der Waals surface area contributed by atoms with Gasteiger partial charge in [-0.3, -0.25) is 4.79 Å². The Morgan fingerprint density at radius 2 is 1.88 bits per heavy atom. The van der Waals surface area contributed by atoms with Crippen molar-refractivity contribution in [2.75, 3.05) is 19.6 Å². The highest BCUT2D eigenvalue weighted by Crippen LogP contribution is 2.36. The van der Waals surface area contributed by atoms with Crippen molar-refractivity contribution in [3.63, 3.8) is 0 Å². The molecule has 0 radical (unpaired) electrons. The van der Waals surface area contributed by atoms with Crippen LogP contribution < -0.4 is 10.6 Å². The third-order valence-corrected chi connectivity index (χ3v) is 5.38. The summed E-state index contributed by atoms with van der Waals surface area (Å²) in [6.45, 7) is 2.33. The van der Waals surface area contributed by atoms with E-state index in [9.17, 15) is 9.18 Å². The minimum Gasteiger partial charge on any atom is -0.351 e. The Hall–Kier alpha value is -1.82. The van der Waals surface area contributed by atoms with E-state index in [1.54, 1.807) is 18.2 Å². The molecule has 0 bridgehead atoms. The summed E-state index contributed by atoms with van der Waals surface area (Å²) < 4.78 is 14.0. The van der Waals surface area contributed by atoms with E-state index in [1.807, 2.05) is 30.3 Å². The van der Waals surface area contributed by atoms with Crippen molar-refractivity contribution >= 4 is 30.1 Å². The Morgan fingerprint density at radius 3 is 2.58 bits per heavy atom. The normalized spacial score (nSPS) is 14.7. The second-order valence-electron chi connectivity index (χ2n) is 5.87. The Bertz CT molecular complexity index is 754. The SMILES string of the molecule is Cl.O=C(NCC1=CCNCC1)C(Sc1ccccc1F)c1ccccc1. The fourth-order valence-corrected chi connectivity index (χ4v) is 3.77. The highest BCUT2D eigenvalue weighted by atomic mass is 35.5. The molecule has 2 aromatic carbocycles. The quantitative estimate of drug-likeness (QED) is 0.574. The zero-order chi connectivity index (χ0) is 17.5. The number of hydrogen-bond acceptors (Lipinski definition) is 3. The van der Waals surface area contributed by atoms with Crippen molar-refractivity contribution in [2.24, 2.45) is 0 Å². The van der Waals surface area contributed by atoms with Crippen LogP contribution in [0.3, 0.4) is 0 Å². The van der Waals surface area contributed by atoms with Gasteiger partial charge in [-0.05, 0) is 30.7 Å². The average Bonchev–Trinajstić information content (AvgIpc) is 2.67. The van der Waals surface area contributed by atoms with Gasteiger partial charge < -0.3 is 10.6 Å². The molecule has 0 saturated carbocycles. The molecule has 0 saturated heterocycles. The van der Waals surface area contributed by atoms with Crippen LogP contribution in [-0.2, 0) is 4.79 Å². The molecule has 0 aromatic heterocycles. The van der Waals surface area contributed by atoms with Crippen molar-refractivity contribution in [2.45, 2.75) is 16.6 Å². The minimum atomic E-state index is -0.486. The van der Waals surface area contributed by atoms with E-state index in [0.29, 0.717) is 11.4 Å². The third kappa shape index (κ3) is 5.59. The molecule has 0 spiro atoms. The van der Waals surface area contributed by atoms with Gasteiger partial charge in [-0.1, -0.05) is 54.1 Å². The molecule has 2 aromatic rings. The first kappa shape index (κ1) is 20.5. The number of halogens is 2. The van der Waals surface area contributed by atoms with Gasteiger partial charge in [0, 0.05) is 18.0 Å². The van der Waals surface area contributed by atoms with Crippen molar-refractivity contribution in [3.05, 3.63) is 77.6 Å². The van der Waals surface area contributed by atoms with Gasteiger partial charge in [0.05, 0.1) is 0 Å². The van der Waals surface area contributed by atoms with Gasteiger partial charge in [0.2, 0.25) is 5.91 Å². The van der Waals surface area contributed by atoms with Crippen LogP contribution in [0.1, 0.15) is 17.2 Å². The van der Waals surface area contributed by atoms with E-state index in [1.165, 1.54) is 23.4 Å². The fourth-order valence-electron chi connectivity index (χ4n) is 2.69. The first-order valence-corrected chi connectivity index (χ1v) is 9.24. The summed E-state index contributed by atoms with van der Waals surface area (Å²) in [4.78, 5) is 13.3. The zero-order valence-corrected chi connectivity index (χ0v) is 15.9. The Balaban J connectivity index is 0.00000243. The number of benzene rings is 2. The summed E-state index contributed by atoms with van der Waals surface area (Å²) in [6, 6.07) is 16.1. The number of rotatable bonds is 6. The first-order valence-electron chi connectivity index (χ1n) is 8.36. The van der Waals surface area contributed by atoms with Gasteiger partial charge in [0.1, 0.15) is 11.1 Å². The lowest BCUT2D eigenvalue weighted by Crippen LogP contribution is -2.32. The molecule has 0 fully saturated rings. The van der Waals surface area contributed by atoms with Crippen molar-refractivity contribution in [3.8, 4) is 0 Å². The Labute approximate surface area is 163 Å². The fraction of sp³-hybridized carbons (Fsp3) is 0.250. The summed E-state index contributed by atoms with van der Waals surface area (Å²) in [5.41, 5.74) is 2.10. The van der Waals surface area contributed by atoms with Crippen molar-refractivity contribution in [1.29, 1.82) is 0 Å². The molecular weight excluding hydrogens is 371 g/mol. The van der Waals surface area contributed by atoms with Crippen molar-refractivity contribution < 1.29 is 9.18 Å². The molecule has 1 amide bonds. The second-order valence-corrected chi connectivity index (χ2v) is 7.02. The number of thioether (sulfide) groups is 1. The number of amides is 1. The molecule has 3 nitrogen and oxygen atoms in total. The molecule has 1 atom stereocenters. The standard InChI is InChI=1S/C20H21FN2OS.ClH/c21-17-8-4-5-9-18(17)25-19(16-6-2-1-3-7-16)20(24)23-14-15-10-12-22-13-11-15;/h1-10,19,22H,11-14H2,(H,23,24);1H. The lowest BCUT2D eigenvalue weighted by atomic mass is 10.1. The largest absolute Gasteiger partial charge is 0.351 e. The maximum absolute atomic E-state index is 14.0. The minimum absolute atomic E-state index is 0. The van der Waals surface area contributed by atoms with Gasteiger partial charge in [-0.25, -0.2) is 4.39 Å². The Kier molecular flexibility index (Phi) is 8.16. The van der Waals surface area contributed by atoms with Gasteiger partial charge >= 0.3 is 0 Å². The molecule has 26 heavy (non-hydrogen) atoms. The highest BCUT2D eigenvalue weighted by molar-refractivity contribution is 8.00. The maximum Gasteiger partial charge on any atom is 0.238 e. The van der Waals surface area contributed by atoms with E-state index in [4.69, 9.17) is 0 Å². The maximum atomic E-state index is 14.0. The lowest BCUT2D eigenvalue weighted by Gasteiger charge is -2.19. The molecule has 1 aliphatic rings. The number of hydrogen-bond donors (Lipinski definition) is 2. The van der Waals surface area contributed by atoms with Crippen LogP contribution in [0, 0.1) is 5.82 Å². The molecule has 1 heterocycles. The molecule has 1 aliphatic heterocycles. The summed E-state index contributed by atoms with van der Waals surface area (Å²) in [7, 11) is 0. The highest BCUT2D eigenvalue weighted by Gasteiger charge is 2.23. The molecule has 138 valence electrons. The van der Waals surface area contributed by atoms with Gasteiger partial charge in [-0.2, -0.15) is 0 Å². The van der Waals surface area contributed by atoms with E-state index in [2.05, 4.69) is 16.7 Å². The van der Waals surface area contributed by atoms with E-state index in [0.717, 1.165) is 25.1 Å². The molecule has 3 rings (SSSR count). The summed E-state index contributed by atoms with van der Waals surface area (Å²) in [6.07, 6.45) is 3.06. The van der Waals surface area contributed by atoms with Crippen LogP contribution >= 0.6 is 24.2 Å². The van der Waals surface area contributed by atoms with Crippen LogP contribution in [0.25, 0.3) is 0 Å². The van der Waals surface area contributed by atoms with Crippen molar-refractivity contribution in [1.82, 2.24) is 10.6 Å². The molecule has 2 N–H and O–H groups in total. The van der Waals surface area contributed by atoms with Gasteiger partial charge in [0.25, 0.3) is 0 Å². The predicted octanol–water partition coefficient (Wildman–Crippen LogP) is 4.12. The predicted molar refractivity (Wildman–Crippen MR) is 107 cm³/mol. The van der Waals surface area contributed by atoms with Crippen LogP contribution in [-0.4, -0.2) is 25.5 Å². The number of carbonyl (C=O) groups is 1. The molecule has 0 aliphatic carbocycles. The molecule has 1 unspecified atom stereocenters. The summed E-state index contributed by atoms with van der Waals surface area (Å²) >= 11 is 1.24. The van der Waals surface area contributed by atoms with Crippen LogP contribution in [0.4, 0.5) is 4.39 Å². The Morgan fingerprint density at radius 1 is 1.15 bits per heavy atom.